The van der Waals surface area contributed by atoms with Crippen LogP contribution in [0.15, 0.2) is 41.1 Å². The number of hydrogen-bond donors (Lipinski definition) is 3. The molecule has 104 valence electrons. The third-order valence-electron chi connectivity index (χ3n) is 2.70. The fraction of sp³-hybridized carbons (Fsp3) is 0.0769. The van der Waals surface area contributed by atoms with Crippen LogP contribution in [0.25, 0.3) is 10.9 Å². The highest BCUT2D eigenvalue weighted by Crippen LogP contribution is 2.22. The predicted molar refractivity (Wildman–Crippen MR) is 74.2 cm³/mol. The molecule has 0 aliphatic carbocycles. The Hall–Kier alpha value is -2.83. The minimum Gasteiger partial charge on any atom is -0.404 e. The molecule has 7 heteroatoms. The number of nitrogens with one attached hydrogen (secondary N) is 2. The molecule has 0 spiro atoms. The lowest BCUT2D eigenvalue weighted by atomic mass is 10.1. The second kappa shape index (κ2) is 5.87. The van der Waals surface area contributed by atoms with Crippen molar-refractivity contribution in [3.8, 4) is 5.75 Å². The van der Waals surface area contributed by atoms with Crippen LogP contribution in [-0.4, -0.2) is 24.0 Å². The van der Waals surface area contributed by atoms with E-state index >= 15 is 0 Å². The van der Waals surface area contributed by atoms with E-state index < -0.39 is 0 Å². The second-order valence-electron chi connectivity index (χ2n) is 3.94. The molecule has 0 atom stereocenters. The van der Waals surface area contributed by atoms with Crippen LogP contribution in [0, 0.1) is 0 Å². The number of nitrogens with two attached hydrogens (primary N) is 1. The van der Waals surface area contributed by atoms with E-state index in [1.54, 1.807) is 19.2 Å². The topological polar surface area (TPSA) is 92.5 Å². The number of aromatic nitrogens is 1. The number of carbonyl (C=O) groups excluding carboxylic acids is 1. The van der Waals surface area contributed by atoms with Crippen molar-refractivity contribution in [2.75, 3.05) is 7.05 Å². The number of ketones is 1. The first-order valence-corrected chi connectivity index (χ1v) is 5.77. The van der Waals surface area contributed by atoms with Gasteiger partial charge in [-0.05, 0) is 24.3 Å². The Labute approximate surface area is 114 Å². The number of carbonyl (C=O) groups is 1. The van der Waals surface area contributed by atoms with Crippen molar-refractivity contribution < 1.29 is 14.3 Å². The number of Topliss-reactive ketones (excluding diaryl/α,β-unsaturated/α-hetero) is 1. The van der Waals surface area contributed by atoms with Crippen molar-refractivity contribution in [3.63, 3.8) is 0 Å². The third-order valence-corrected chi connectivity index (χ3v) is 2.70. The smallest absolute Gasteiger partial charge is 0.212 e. The number of halogens is 1. The molecule has 2 rings (SSSR count). The molecule has 0 radical (unpaired) electrons. The highest BCUT2D eigenvalue weighted by atomic mass is 19.3. The molecule has 1 aromatic carbocycles. The van der Waals surface area contributed by atoms with E-state index in [1.807, 2.05) is 0 Å². The van der Waals surface area contributed by atoms with E-state index in [9.17, 15) is 9.32 Å². The average Bonchev–Trinajstić information content (AvgIpc) is 2.90. The van der Waals surface area contributed by atoms with Gasteiger partial charge in [0.1, 0.15) is 0 Å². The van der Waals surface area contributed by atoms with E-state index in [4.69, 9.17) is 5.73 Å². The maximum atomic E-state index is 12.2. The lowest BCUT2D eigenvalue weighted by molar-refractivity contribution is -0.00603. The fourth-order valence-corrected chi connectivity index (χ4v) is 1.75. The van der Waals surface area contributed by atoms with Crippen LogP contribution in [0.2, 0.25) is 0 Å². The summed E-state index contributed by atoms with van der Waals surface area (Å²) in [6.45, 7) is 0. The summed E-state index contributed by atoms with van der Waals surface area (Å²) >= 11 is 0. The number of rotatable bonds is 5. The molecule has 0 bridgehead atoms. The summed E-state index contributed by atoms with van der Waals surface area (Å²) in [5.41, 5.74) is 9.19. The molecule has 2 aromatic rings. The summed E-state index contributed by atoms with van der Waals surface area (Å²) in [6, 6.07) is 6.15. The molecule has 0 saturated heterocycles. The van der Waals surface area contributed by atoms with Gasteiger partial charge in [-0.3, -0.25) is 9.74 Å². The van der Waals surface area contributed by atoms with Crippen molar-refractivity contribution in [2.24, 2.45) is 10.8 Å². The lowest BCUT2D eigenvalue weighted by Gasteiger charge is -1.97. The number of H-pyrrole nitrogens is 1. The van der Waals surface area contributed by atoms with Crippen LogP contribution in [0.5, 0.6) is 5.75 Å². The van der Waals surface area contributed by atoms with E-state index in [0.29, 0.717) is 16.6 Å². The SMILES string of the molecule is CN/N=C\C(=C\N)C(=O)c1cc2cc(OF)ccc2[nH]1. The minimum atomic E-state index is -0.314. The number of hydrazone groups is 1. The molecule has 1 heterocycles. The van der Waals surface area contributed by atoms with Crippen LogP contribution in [0.3, 0.4) is 0 Å². The largest absolute Gasteiger partial charge is 0.404 e. The zero-order valence-electron chi connectivity index (χ0n) is 10.7. The zero-order valence-corrected chi connectivity index (χ0v) is 10.7. The van der Waals surface area contributed by atoms with Crippen LogP contribution >= 0.6 is 0 Å². The van der Waals surface area contributed by atoms with E-state index in [2.05, 4.69) is 20.5 Å². The first kappa shape index (κ1) is 13.6. The molecule has 0 fully saturated rings. The maximum absolute atomic E-state index is 12.2. The monoisotopic (exact) mass is 276 g/mol. The van der Waals surface area contributed by atoms with Gasteiger partial charge in [0.05, 0.1) is 17.5 Å². The Kier molecular flexibility index (Phi) is 3.99. The van der Waals surface area contributed by atoms with Crippen molar-refractivity contribution in [1.82, 2.24) is 10.4 Å². The fourth-order valence-electron chi connectivity index (χ4n) is 1.75. The van der Waals surface area contributed by atoms with Gasteiger partial charge < -0.3 is 16.1 Å². The van der Waals surface area contributed by atoms with Gasteiger partial charge in [0, 0.05) is 28.7 Å². The van der Waals surface area contributed by atoms with Gasteiger partial charge in [0.15, 0.2) is 5.75 Å². The Morgan fingerprint density at radius 3 is 2.95 bits per heavy atom. The van der Waals surface area contributed by atoms with Crippen molar-refractivity contribution >= 4 is 22.9 Å². The number of allylic oxidation sites excluding steroid dienone is 1. The molecular formula is C13H13FN4O2. The minimum absolute atomic E-state index is 0.0711. The van der Waals surface area contributed by atoms with E-state index in [-0.39, 0.29) is 17.1 Å². The Morgan fingerprint density at radius 1 is 1.50 bits per heavy atom. The molecule has 0 aliphatic heterocycles. The van der Waals surface area contributed by atoms with Crippen LogP contribution in [0.4, 0.5) is 4.53 Å². The molecule has 0 aliphatic rings. The second-order valence-corrected chi connectivity index (χ2v) is 3.94. The Bertz CT molecular complexity index is 691. The molecule has 6 nitrogen and oxygen atoms in total. The summed E-state index contributed by atoms with van der Waals surface area (Å²) in [6.07, 6.45) is 2.49. The van der Waals surface area contributed by atoms with Gasteiger partial charge in [-0.1, -0.05) is 0 Å². The van der Waals surface area contributed by atoms with Gasteiger partial charge in [-0.15, -0.1) is 0 Å². The summed E-state index contributed by atoms with van der Waals surface area (Å²) < 4.78 is 12.1. The van der Waals surface area contributed by atoms with Crippen molar-refractivity contribution in [2.45, 2.75) is 0 Å². The zero-order chi connectivity index (χ0) is 14.5. The molecule has 20 heavy (non-hydrogen) atoms. The number of fused-ring (bicyclic) bond motifs is 1. The maximum Gasteiger partial charge on any atom is 0.212 e. The summed E-state index contributed by atoms with van der Waals surface area (Å²) in [4.78, 5) is 18.8. The van der Waals surface area contributed by atoms with Crippen molar-refractivity contribution in [1.29, 1.82) is 0 Å². The van der Waals surface area contributed by atoms with Gasteiger partial charge in [0.2, 0.25) is 5.78 Å². The lowest BCUT2D eigenvalue weighted by Crippen LogP contribution is -2.09. The Morgan fingerprint density at radius 2 is 2.30 bits per heavy atom. The molecule has 1 aromatic heterocycles. The highest BCUT2D eigenvalue weighted by Gasteiger charge is 2.13. The first-order chi connectivity index (χ1) is 9.69. The Balaban J connectivity index is 2.37. The van der Waals surface area contributed by atoms with E-state index in [0.717, 1.165) is 0 Å². The molecular weight excluding hydrogens is 263 g/mol. The van der Waals surface area contributed by atoms with Gasteiger partial charge in [0.25, 0.3) is 0 Å². The number of benzene rings is 1. The number of hydrogen-bond acceptors (Lipinski definition) is 5. The average molecular weight is 276 g/mol. The van der Waals surface area contributed by atoms with Crippen LogP contribution in [-0.2, 0) is 0 Å². The molecule has 0 unspecified atom stereocenters. The summed E-state index contributed by atoms with van der Waals surface area (Å²) in [7, 11) is 1.61. The molecule has 0 saturated carbocycles. The molecule has 4 N–H and O–H groups in total. The number of nitrogens with zero attached hydrogens (tertiary/aromatic N) is 1. The van der Waals surface area contributed by atoms with Crippen LogP contribution in [0.1, 0.15) is 10.5 Å². The first-order valence-electron chi connectivity index (χ1n) is 5.77. The van der Waals surface area contributed by atoms with Gasteiger partial charge >= 0.3 is 0 Å². The quantitative estimate of drug-likeness (QED) is 0.335. The summed E-state index contributed by atoms with van der Waals surface area (Å²) in [5, 5.41) is 4.40. The van der Waals surface area contributed by atoms with Crippen LogP contribution < -0.4 is 16.1 Å². The normalized spacial score (nSPS) is 12.0. The van der Waals surface area contributed by atoms with Gasteiger partial charge in [-0.25, -0.2) is 0 Å². The number of aromatic amines is 1. The van der Waals surface area contributed by atoms with Gasteiger partial charge in [-0.2, -0.15) is 5.10 Å². The third kappa shape index (κ3) is 2.61. The van der Waals surface area contributed by atoms with Crippen molar-refractivity contribution in [3.05, 3.63) is 41.7 Å². The molecule has 0 amide bonds. The summed E-state index contributed by atoms with van der Waals surface area (Å²) in [5.74, 6) is -0.243. The predicted octanol–water partition coefficient (Wildman–Crippen LogP) is 1.66. The standard InChI is InChI=1S/C13H13FN4O2/c1-16-17-7-9(6-15)13(19)12-5-8-4-10(20-14)2-3-11(8)18-12/h2-7,16,18H,15H2,1H3/b9-6-,17-7-. The van der Waals surface area contributed by atoms with E-state index in [1.165, 1.54) is 24.5 Å². The highest BCUT2D eigenvalue weighted by molar-refractivity contribution is 6.21.